The lowest BCUT2D eigenvalue weighted by Gasteiger charge is -2.19. The number of ether oxygens (including phenoxy) is 1. The standard InChI is InChI=1S/C23H40O6/c1-4-5-8-16(2)13-17(24)11-12-20-19(21(25)15-22(20)26)10-7-6-9-18(29-3)14-23(27)28/h11-12,16-20,22,24,26H,4-10,13-15H2,1-3H3,(H,27,28)/b12-11+/t16-,17+,18+,19+,20+,22+/m0/s1. The highest BCUT2D eigenvalue weighted by atomic mass is 16.5. The van der Waals surface area contributed by atoms with E-state index in [2.05, 4.69) is 13.8 Å². The largest absolute Gasteiger partial charge is 0.481 e. The van der Waals surface area contributed by atoms with E-state index in [9.17, 15) is 19.8 Å². The molecule has 1 aliphatic carbocycles. The third-order valence-electron chi connectivity index (χ3n) is 6.01. The van der Waals surface area contributed by atoms with Gasteiger partial charge >= 0.3 is 5.97 Å². The number of hydrogen-bond acceptors (Lipinski definition) is 5. The summed E-state index contributed by atoms with van der Waals surface area (Å²) in [5.41, 5.74) is 0. The Morgan fingerprint density at radius 2 is 2.00 bits per heavy atom. The maximum Gasteiger partial charge on any atom is 0.305 e. The van der Waals surface area contributed by atoms with Crippen molar-refractivity contribution in [3.8, 4) is 0 Å². The van der Waals surface area contributed by atoms with Gasteiger partial charge in [0.05, 0.1) is 24.7 Å². The van der Waals surface area contributed by atoms with Gasteiger partial charge in [-0.15, -0.1) is 0 Å². The van der Waals surface area contributed by atoms with Crippen LogP contribution in [0.2, 0.25) is 0 Å². The molecule has 0 radical (unpaired) electrons. The van der Waals surface area contributed by atoms with E-state index in [1.54, 1.807) is 6.08 Å². The first kappa shape index (κ1) is 25.8. The lowest BCUT2D eigenvalue weighted by Crippen LogP contribution is -2.20. The van der Waals surface area contributed by atoms with Crippen LogP contribution in [0.25, 0.3) is 0 Å². The zero-order valence-corrected chi connectivity index (χ0v) is 18.3. The molecular weight excluding hydrogens is 372 g/mol. The third-order valence-corrected chi connectivity index (χ3v) is 6.01. The molecule has 1 rings (SSSR count). The number of carboxylic acids is 1. The van der Waals surface area contributed by atoms with Crippen LogP contribution in [0, 0.1) is 17.8 Å². The summed E-state index contributed by atoms with van der Waals surface area (Å²) in [6.45, 7) is 4.30. The second-order valence-corrected chi connectivity index (χ2v) is 8.60. The van der Waals surface area contributed by atoms with Gasteiger partial charge in [-0.1, -0.05) is 58.1 Å². The minimum absolute atomic E-state index is 0.0164. The molecule has 0 unspecified atom stereocenters. The van der Waals surface area contributed by atoms with Crippen molar-refractivity contribution in [2.75, 3.05) is 7.11 Å². The third kappa shape index (κ3) is 9.87. The molecule has 6 nitrogen and oxygen atoms in total. The summed E-state index contributed by atoms with van der Waals surface area (Å²) in [7, 11) is 1.51. The Balaban J connectivity index is 2.50. The van der Waals surface area contributed by atoms with Crippen molar-refractivity contribution < 1.29 is 29.6 Å². The first-order valence-electron chi connectivity index (χ1n) is 11.1. The predicted molar refractivity (Wildman–Crippen MR) is 113 cm³/mol. The molecule has 0 aromatic heterocycles. The Morgan fingerprint density at radius 3 is 2.62 bits per heavy atom. The number of methoxy groups -OCH3 is 1. The lowest BCUT2D eigenvalue weighted by molar-refractivity contribution is -0.139. The minimum atomic E-state index is -0.876. The van der Waals surface area contributed by atoms with Gasteiger partial charge in [-0.3, -0.25) is 9.59 Å². The number of carboxylic acid groups (broad SMARTS) is 1. The SMILES string of the molecule is CCCC[C@H](C)C[C@H](O)/C=C/[C@H]1[C@H](O)CC(=O)[C@@H]1CCCC[C@H](CC(=O)O)OC. The van der Waals surface area contributed by atoms with E-state index in [0.717, 1.165) is 32.1 Å². The number of aliphatic hydroxyl groups excluding tert-OH is 2. The van der Waals surface area contributed by atoms with Crippen molar-refractivity contribution in [2.24, 2.45) is 17.8 Å². The molecule has 0 amide bonds. The molecule has 1 aliphatic rings. The molecule has 0 aliphatic heterocycles. The molecule has 0 bridgehead atoms. The zero-order valence-electron chi connectivity index (χ0n) is 18.3. The summed E-state index contributed by atoms with van der Waals surface area (Å²) in [5, 5.41) is 29.4. The van der Waals surface area contributed by atoms with Crippen molar-refractivity contribution in [3.05, 3.63) is 12.2 Å². The van der Waals surface area contributed by atoms with E-state index in [4.69, 9.17) is 9.84 Å². The highest BCUT2D eigenvalue weighted by Crippen LogP contribution is 2.34. The number of aliphatic hydroxyl groups is 2. The van der Waals surface area contributed by atoms with Crippen LogP contribution in [-0.4, -0.2) is 52.5 Å². The van der Waals surface area contributed by atoms with Gasteiger partial charge in [-0.05, 0) is 25.2 Å². The van der Waals surface area contributed by atoms with E-state index in [0.29, 0.717) is 25.2 Å². The number of aliphatic carboxylic acids is 1. The van der Waals surface area contributed by atoms with E-state index >= 15 is 0 Å². The Kier molecular flexibility index (Phi) is 12.4. The van der Waals surface area contributed by atoms with Crippen molar-refractivity contribution >= 4 is 11.8 Å². The number of carbonyl (C=O) groups is 2. The van der Waals surface area contributed by atoms with Crippen molar-refractivity contribution in [3.63, 3.8) is 0 Å². The van der Waals surface area contributed by atoms with Gasteiger partial charge in [-0.25, -0.2) is 0 Å². The molecule has 0 aromatic rings. The van der Waals surface area contributed by atoms with Crippen molar-refractivity contribution in [2.45, 2.75) is 96.4 Å². The number of ketones is 1. The molecule has 6 heteroatoms. The molecule has 1 saturated carbocycles. The number of hydrogen-bond donors (Lipinski definition) is 3. The molecule has 0 saturated heterocycles. The van der Waals surface area contributed by atoms with Gasteiger partial charge in [0.25, 0.3) is 0 Å². The predicted octanol–water partition coefficient (Wildman–Crippen LogP) is 3.74. The van der Waals surface area contributed by atoms with E-state index in [-0.39, 0.29) is 36.6 Å². The summed E-state index contributed by atoms with van der Waals surface area (Å²) < 4.78 is 5.19. The summed E-state index contributed by atoms with van der Waals surface area (Å²) in [4.78, 5) is 23.1. The van der Waals surface area contributed by atoms with Crippen LogP contribution >= 0.6 is 0 Å². The van der Waals surface area contributed by atoms with Crippen LogP contribution < -0.4 is 0 Å². The smallest absolute Gasteiger partial charge is 0.305 e. The average Bonchev–Trinajstić information content (AvgIpc) is 2.93. The Labute approximate surface area is 175 Å². The zero-order chi connectivity index (χ0) is 21.8. The Bertz CT molecular complexity index is 517. The van der Waals surface area contributed by atoms with Crippen LogP contribution in [0.15, 0.2) is 12.2 Å². The minimum Gasteiger partial charge on any atom is -0.481 e. The normalized spacial score (nSPS) is 25.4. The van der Waals surface area contributed by atoms with Gasteiger partial charge in [-0.2, -0.15) is 0 Å². The van der Waals surface area contributed by atoms with Crippen LogP contribution in [-0.2, 0) is 14.3 Å². The van der Waals surface area contributed by atoms with Gasteiger partial charge in [0, 0.05) is 25.4 Å². The molecule has 0 aromatic carbocycles. The monoisotopic (exact) mass is 412 g/mol. The van der Waals surface area contributed by atoms with E-state index in [1.807, 2.05) is 6.08 Å². The first-order valence-corrected chi connectivity index (χ1v) is 11.1. The second kappa shape index (κ2) is 13.9. The molecule has 0 spiro atoms. The van der Waals surface area contributed by atoms with E-state index < -0.39 is 18.2 Å². The fourth-order valence-corrected chi connectivity index (χ4v) is 4.24. The van der Waals surface area contributed by atoms with Gasteiger partial charge in [0.15, 0.2) is 0 Å². The second-order valence-electron chi connectivity index (χ2n) is 8.60. The molecule has 0 heterocycles. The first-order chi connectivity index (χ1) is 13.8. The molecule has 6 atom stereocenters. The van der Waals surface area contributed by atoms with Gasteiger partial charge < -0.3 is 20.1 Å². The Hall–Kier alpha value is -1.24. The van der Waals surface area contributed by atoms with Crippen molar-refractivity contribution in [1.29, 1.82) is 0 Å². The Morgan fingerprint density at radius 1 is 1.28 bits per heavy atom. The molecule has 29 heavy (non-hydrogen) atoms. The maximum atomic E-state index is 12.3. The van der Waals surface area contributed by atoms with Crippen LogP contribution in [0.5, 0.6) is 0 Å². The van der Waals surface area contributed by atoms with Gasteiger partial charge in [0.2, 0.25) is 0 Å². The van der Waals surface area contributed by atoms with Gasteiger partial charge in [0.1, 0.15) is 5.78 Å². The summed E-state index contributed by atoms with van der Waals surface area (Å²) in [5.74, 6) is -0.836. The summed E-state index contributed by atoms with van der Waals surface area (Å²) in [6.07, 6.45) is 9.14. The maximum absolute atomic E-state index is 12.3. The fraction of sp³-hybridized carbons (Fsp3) is 0.826. The van der Waals surface area contributed by atoms with E-state index in [1.165, 1.54) is 7.11 Å². The lowest BCUT2D eigenvalue weighted by atomic mass is 9.88. The van der Waals surface area contributed by atoms with Crippen LogP contribution in [0.3, 0.4) is 0 Å². The molecular formula is C23H40O6. The summed E-state index contributed by atoms with van der Waals surface area (Å²) >= 11 is 0. The fourth-order valence-electron chi connectivity index (χ4n) is 4.24. The van der Waals surface area contributed by atoms with Crippen LogP contribution in [0.1, 0.15) is 78.1 Å². The average molecular weight is 413 g/mol. The highest BCUT2D eigenvalue weighted by molar-refractivity contribution is 5.84. The highest BCUT2D eigenvalue weighted by Gasteiger charge is 2.39. The molecule has 168 valence electrons. The molecule has 3 N–H and O–H groups in total. The number of carbonyl (C=O) groups excluding carboxylic acids is 1. The van der Waals surface area contributed by atoms with Crippen LogP contribution in [0.4, 0.5) is 0 Å². The summed E-state index contributed by atoms with van der Waals surface area (Å²) in [6, 6.07) is 0. The number of unbranched alkanes of at least 4 members (excludes halogenated alkanes) is 2. The quantitative estimate of drug-likeness (QED) is 0.280. The molecule has 1 fully saturated rings. The number of Topliss-reactive ketones (excluding diaryl/α,β-unsaturated/α-hetero) is 1. The van der Waals surface area contributed by atoms with Crippen molar-refractivity contribution in [1.82, 2.24) is 0 Å². The number of rotatable bonds is 15. The topological polar surface area (TPSA) is 104 Å².